The van der Waals surface area contributed by atoms with Crippen molar-refractivity contribution in [2.45, 2.75) is 57.9 Å². The van der Waals surface area contributed by atoms with Crippen LogP contribution in [0.3, 0.4) is 0 Å². The Morgan fingerprint density at radius 2 is 1.88 bits per heavy atom. The van der Waals surface area contributed by atoms with E-state index in [1.54, 1.807) is 11.0 Å². The third-order valence-corrected chi connectivity index (χ3v) is 4.92. The van der Waals surface area contributed by atoms with Crippen LogP contribution in [0.2, 0.25) is 5.28 Å². The smallest absolute Gasteiger partial charge is 0.416 e. The van der Waals surface area contributed by atoms with Crippen LogP contribution in [-0.4, -0.2) is 50.7 Å². The molecule has 174 valence electrons. The van der Waals surface area contributed by atoms with Crippen LogP contribution in [0.25, 0.3) is 0 Å². The number of likely N-dealkylation sites (tertiary alicyclic amines) is 1. The Labute approximate surface area is 189 Å². The number of amides is 1. The zero-order valence-corrected chi connectivity index (χ0v) is 18.8. The van der Waals surface area contributed by atoms with Crippen LogP contribution in [0, 0.1) is 0 Å². The lowest BCUT2D eigenvalue weighted by atomic mass is 10.1. The number of aromatic nitrogens is 3. The molecule has 0 saturated carbocycles. The molecule has 32 heavy (non-hydrogen) atoms. The average Bonchev–Trinajstić information content (AvgIpc) is 2.66. The van der Waals surface area contributed by atoms with Gasteiger partial charge in [-0.2, -0.15) is 23.1 Å². The second-order valence-corrected chi connectivity index (χ2v) is 8.94. The maximum atomic E-state index is 12.9. The van der Waals surface area contributed by atoms with Gasteiger partial charge in [0.2, 0.25) is 11.2 Å². The van der Waals surface area contributed by atoms with Gasteiger partial charge < -0.3 is 15.0 Å². The maximum Gasteiger partial charge on any atom is 0.416 e. The van der Waals surface area contributed by atoms with Crippen LogP contribution < -0.4 is 5.32 Å². The van der Waals surface area contributed by atoms with Gasteiger partial charge in [0.1, 0.15) is 11.4 Å². The molecular formula is C21H25ClF3N5O2. The number of alkyl halides is 3. The first-order valence-electron chi connectivity index (χ1n) is 10.2. The van der Waals surface area contributed by atoms with Gasteiger partial charge in [-0.05, 0) is 56.8 Å². The summed E-state index contributed by atoms with van der Waals surface area (Å²) in [6, 6.07) is 5.01. The molecule has 0 bridgehead atoms. The first kappa shape index (κ1) is 24.0. The minimum absolute atomic E-state index is 0.00793. The molecule has 7 nitrogen and oxygen atoms in total. The molecule has 0 atom stereocenters. The number of anilines is 1. The molecule has 2 heterocycles. The number of rotatable bonds is 4. The minimum atomic E-state index is -4.42. The van der Waals surface area contributed by atoms with Gasteiger partial charge in [-0.1, -0.05) is 18.2 Å². The standard InChI is InChI=1S/C21H25ClF3N5O2/c1-20(2,3)32-19(31)30-9-7-15(8-10-30)26-18-28-16(27-17(22)29-18)12-13-5-4-6-14(11-13)21(23,24)25/h4-6,11,15H,7-10,12H2,1-3H3,(H,26,27,28,29). The van der Waals surface area contributed by atoms with Gasteiger partial charge in [-0.25, -0.2) is 9.78 Å². The van der Waals surface area contributed by atoms with E-state index in [9.17, 15) is 18.0 Å². The van der Waals surface area contributed by atoms with Gasteiger partial charge in [0.05, 0.1) is 5.56 Å². The second kappa shape index (κ2) is 9.48. The van der Waals surface area contributed by atoms with Gasteiger partial charge in [-0.15, -0.1) is 0 Å². The first-order chi connectivity index (χ1) is 14.9. The van der Waals surface area contributed by atoms with E-state index in [-0.39, 0.29) is 35.6 Å². The molecular weight excluding hydrogens is 447 g/mol. The van der Waals surface area contributed by atoms with Crippen molar-refractivity contribution in [1.82, 2.24) is 19.9 Å². The highest BCUT2D eigenvalue weighted by molar-refractivity contribution is 6.28. The topological polar surface area (TPSA) is 80.2 Å². The predicted octanol–water partition coefficient (Wildman–Crippen LogP) is 4.95. The Morgan fingerprint density at radius 3 is 2.50 bits per heavy atom. The summed E-state index contributed by atoms with van der Waals surface area (Å²) < 4.78 is 44.2. The molecule has 0 unspecified atom stereocenters. The van der Waals surface area contributed by atoms with Crippen molar-refractivity contribution in [2.75, 3.05) is 18.4 Å². The largest absolute Gasteiger partial charge is 0.444 e. The number of piperidine rings is 1. The van der Waals surface area contributed by atoms with Gasteiger partial charge in [0, 0.05) is 25.6 Å². The molecule has 1 aliphatic rings. The average molecular weight is 472 g/mol. The van der Waals surface area contributed by atoms with Crippen molar-refractivity contribution in [2.24, 2.45) is 0 Å². The summed E-state index contributed by atoms with van der Waals surface area (Å²) in [5, 5.41) is 3.14. The summed E-state index contributed by atoms with van der Waals surface area (Å²) in [5.74, 6) is 0.515. The summed E-state index contributed by atoms with van der Waals surface area (Å²) in [6.45, 7) is 6.49. The van der Waals surface area contributed by atoms with Crippen LogP contribution in [0.1, 0.15) is 50.6 Å². The van der Waals surface area contributed by atoms with Crippen molar-refractivity contribution >= 4 is 23.6 Å². The number of carbonyl (C=O) groups excluding carboxylic acids is 1. The van der Waals surface area contributed by atoms with E-state index in [0.29, 0.717) is 31.5 Å². The van der Waals surface area contributed by atoms with Gasteiger partial charge in [0.25, 0.3) is 0 Å². The molecule has 3 rings (SSSR count). The molecule has 1 saturated heterocycles. The Kier molecular flexibility index (Phi) is 7.12. The molecule has 1 N–H and O–H groups in total. The number of hydrogen-bond donors (Lipinski definition) is 1. The summed E-state index contributed by atoms with van der Waals surface area (Å²) in [4.78, 5) is 26.3. The van der Waals surface area contributed by atoms with E-state index < -0.39 is 17.3 Å². The molecule has 0 radical (unpaired) electrons. The molecule has 11 heteroatoms. The fourth-order valence-corrected chi connectivity index (χ4v) is 3.47. The molecule has 1 aromatic carbocycles. The van der Waals surface area contributed by atoms with Crippen molar-refractivity contribution in [1.29, 1.82) is 0 Å². The Hall–Kier alpha value is -2.62. The number of nitrogens with zero attached hydrogens (tertiary/aromatic N) is 4. The third-order valence-electron chi connectivity index (χ3n) is 4.75. The van der Waals surface area contributed by atoms with Crippen molar-refractivity contribution < 1.29 is 22.7 Å². The van der Waals surface area contributed by atoms with Crippen molar-refractivity contribution in [3.63, 3.8) is 0 Å². The third kappa shape index (κ3) is 6.94. The summed E-state index contributed by atoms with van der Waals surface area (Å²) >= 11 is 6.01. The number of halogens is 4. The number of hydrogen-bond acceptors (Lipinski definition) is 6. The molecule has 0 aliphatic carbocycles. The van der Waals surface area contributed by atoms with Crippen LogP contribution in [0.15, 0.2) is 24.3 Å². The van der Waals surface area contributed by atoms with Crippen LogP contribution in [-0.2, 0) is 17.3 Å². The number of benzene rings is 1. The van der Waals surface area contributed by atoms with Crippen LogP contribution in [0.4, 0.5) is 23.9 Å². The van der Waals surface area contributed by atoms with Gasteiger partial charge in [0.15, 0.2) is 0 Å². The van der Waals surface area contributed by atoms with E-state index in [4.69, 9.17) is 16.3 Å². The van der Waals surface area contributed by atoms with E-state index >= 15 is 0 Å². The summed E-state index contributed by atoms with van der Waals surface area (Å²) in [7, 11) is 0. The lowest BCUT2D eigenvalue weighted by Crippen LogP contribution is -2.44. The van der Waals surface area contributed by atoms with Crippen LogP contribution >= 0.6 is 11.6 Å². The first-order valence-corrected chi connectivity index (χ1v) is 10.6. The normalized spacial score (nSPS) is 15.5. The lowest BCUT2D eigenvalue weighted by Gasteiger charge is -2.33. The zero-order valence-electron chi connectivity index (χ0n) is 18.0. The lowest BCUT2D eigenvalue weighted by molar-refractivity contribution is -0.137. The Morgan fingerprint density at radius 1 is 1.19 bits per heavy atom. The van der Waals surface area contributed by atoms with Crippen LogP contribution in [0.5, 0.6) is 0 Å². The quantitative estimate of drug-likeness (QED) is 0.680. The second-order valence-electron chi connectivity index (χ2n) is 8.61. The van der Waals surface area contributed by atoms with E-state index in [1.165, 1.54) is 6.07 Å². The molecule has 0 spiro atoms. The fraction of sp³-hybridized carbons (Fsp3) is 0.524. The Bertz CT molecular complexity index is 957. The SMILES string of the molecule is CC(C)(C)OC(=O)N1CCC(Nc2nc(Cl)nc(Cc3cccc(C(F)(F)F)c3)n2)CC1. The van der Waals surface area contributed by atoms with Gasteiger partial charge >= 0.3 is 12.3 Å². The van der Waals surface area contributed by atoms with E-state index in [0.717, 1.165) is 12.1 Å². The number of nitrogens with one attached hydrogen (secondary N) is 1. The highest BCUT2D eigenvalue weighted by Gasteiger charge is 2.30. The van der Waals surface area contributed by atoms with Gasteiger partial charge in [-0.3, -0.25) is 0 Å². The minimum Gasteiger partial charge on any atom is -0.444 e. The zero-order chi connectivity index (χ0) is 23.5. The van der Waals surface area contributed by atoms with Crippen molar-refractivity contribution in [3.8, 4) is 0 Å². The maximum absolute atomic E-state index is 12.9. The Balaban J connectivity index is 1.62. The number of carbonyl (C=O) groups is 1. The monoisotopic (exact) mass is 471 g/mol. The summed E-state index contributed by atoms with van der Waals surface area (Å²) in [6.07, 6.45) is -3.37. The molecule has 1 aromatic heterocycles. The van der Waals surface area contributed by atoms with E-state index in [2.05, 4.69) is 20.3 Å². The highest BCUT2D eigenvalue weighted by atomic mass is 35.5. The van der Waals surface area contributed by atoms with Crippen molar-refractivity contribution in [3.05, 3.63) is 46.5 Å². The summed E-state index contributed by atoms with van der Waals surface area (Å²) in [5.41, 5.74) is -0.868. The molecule has 1 fully saturated rings. The molecule has 1 aliphatic heterocycles. The predicted molar refractivity (Wildman–Crippen MR) is 114 cm³/mol. The highest BCUT2D eigenvalue weighted by Crippen LogP contribution is 2.30. The van der Waals surface area contributed by atoms with E-state index in [1.807, 2.05) is 20.8 Å². The number of ether oxygens (including phenoxy) is 1. The molecule has 2 aromatic rings. The fourth-order valence-electron chi connectivity index (χ4n) is 3.29. The molecule has 1 amide bonds.